The number of nitrogens with one attached hydrogen (secondary N) is 1. The Kier molecular flexibility index (Phi) is 4.40. The molecule has 2 aromatic carbocycles. The van der Waals surface area contributed by atoms with E-state index in [-0.39, 0.29) is 0 Å². The van der Waals surface area contributed by atoms with Gasteiger partial charge in [0, 0.05) is 11.1 Å². The number of hydrogen-bond donors (Lipinski definition) is 1. The van der Waals surface area contributed by atoms with Crippen molar-refractivity contribution in [2.45, 2.75) is 19.9 Å². The molecule has 0 saturated heterocycles. The Labute approximate surface area is 114 Å². The van der Waals surface area contributed by atoms with Gasteiger partial charge < -0.3 is 5.32 Å². The van der Waals surface area contributed by atoms with Crippen molar-refractivity contribution in [1.29, 1.82) is 0 Å². The van der Waals surface area contributed by atoms with E-state index in [1.165, 1.54) is 16.7 Å². The van der Waals surface area contributed by atoms with E-state index < -0.39 is 0 Å². The molecule has 2 heteroatoms. The van der Waals surface area contributed by atoms with Crippen molar-refractivity contribution in [2.24, 2.45) is 0 Å². The highest BCUT2D eigenvalue weighted by Crippen LogP contribution is 2.23. The molecule has 1 nitrogen and oxygen atoms in total. The number of halogens is 1. The van der Waals surface area contributed by atoms with E-state index in [1.54, 1.807) is 0 Å². The lowest BCUT2D eigenvalue weighted by molar-refractivity contribution is 0.598. The quantitative estimate of drug-likeness (QED) is 0.841. The number of rotatable bonds is 4. The summed E-state index contributed by atoms with van der Waals surface area (Å²) >= 11 is 5.89. The van der Waals surface area contributed by atoms with Gasteiger partial charge in [0.15, 0.2) is 0 Å². The first-order chi connectivity index (χ1) is 8.70. The highest BCUT2D eigenvalue weighted by Gasteiger charge is 2.03. The summed E-state index contributed by atoms with van der Waals surface area (Å²) in [4.78, 5) is 0. The monoisotopic (exact) mass is 259 g/mol. The van der Waals surface area contributed by atoms with Gasteiger partial charge in [-0.15, -0.1) is 0 Å². The normalized spacial score (nSPS) is 12.4. The lowest BCUT2D eigenvalue weighted by atomic mass is 10.0. The van der Waals surface area contributed by atoms with Crippen LogP contribution in [0.25, 0.3) is 11.1 Å². The Morgan fingerprint density at radius 3 is 1.94 bits per heavy atom. The van der Waals surface area contributed by atoms with E-state index in [2.05, 4.69) is 43.4 Å². The minimum atomic E-state index is 0.397. The third kappa shape index (κ3) is 3.12. The molecule has 0 saturated carbocycles. The standard InChI is InChI=1S/C16H18ClN/c1-3-18-12(2)13-4-6-14(7-5-13)15-8-10-16(17)11-9-15/h4-12,18H,3H2,1-2H3. The molecule has 94 valence electrons. The van der Waals surface area contributed by atoms with Crippen LogP contribution < -0.4 is 5.32 Å². The van der Waals surface area contributed by atoms with Crippen LogP contribution in [0.4, 0.5) is 0 Å². The van der Waals surface area contributed by atoms with E-state index >= 15 is 0 Å². The maximum absolute atomic E-state index is 5.89. The third-order valence-electron chi connectivity index (χ3n) is 3.10. The van der Waals surface area contributed by atoms with Crippen LogP contribution in [0.1, 0.15) is 25.5 Å². The Morgan fingerprint density at radius 2 is 1.44 bits per heavy atom. The van der Waals surface area contributed by atoms with Gasteiger partial charge in [0.25, 0.3) is 0 Å². The van der Waals surface area contributed by atoms with Crippen LogP contribution in [-0.2, 0) is 0 Å². The van der Waals surface area contributed by atoms with Crippen LogP contribution in [0.3, 0.4) is 0 Å². The molecule has 0 aliphatic rings. The molecular weight excluding hydrogens is 242 g/mol. The average molecular weight is 260 g/mol. The van der Waals surface area contributed by atoms with Crippen molar-refractivity contribution in [1.82, 2.24) is 5.32 Å². The lowest BCUT2D eigenvalue weighted by Gasteiger charge is -2.13. The van der Waals surface area contributed by atoms with Crippen LogP contribution in [0.2, 0.25) is 5.02 Å². The number of hydrogen-bond acceptors (Lipinski definition) is 1. The summed E-state index contributed by atoms with van der Waals surface area (Å²) in [6, 6.07) is 17.0. The van der Waals surface area contributed by atoms with E-state index in [0.29, 0.717) is 6.04 Å². The van der Waals surface area contributed by atoms with Crippen molar-refractivity contribution < 1.29 is 0 Å². The fraction of sp³-hybridized carbons (Fsp3) is 0.250. The minimum absolute atomic E-state index is 0.397. The van der Waals surface area contributed by atoms with Crippen LogP contribution in [-0.4, -0.2) is 6.54 Å². The zero-order chi connectivity index (χ0) is 13.0. The largest absolute Gasteiger partial charge is 0.310 e. The van der Waals surface area contributed by atoms with Gasteiger partial charge in [-0.2, -0.15) is 0 Å². The van der Waals surface area contributed by atoms with Crippen LogP contribution in [0.5, 0.6) is 0 Å². The first kappa shape index (κ1) is 13.1. The summed E-state index contributed by atoms with van der Waals surface area (Å²) in [5.41, 5.74) is 3.73. The van der Waals surface area contributed by atoms with Crippen LogP contribution in [0.15, 0.2) is 48.5 Å². The van der Waals surface area contributed by atoms with E-state index in [4.69, 9.17) is 11.6 Å². The molecule has 2 rings (SSSR count). The topological polar surface area (TPSA) is 12.0 Å². The molecule has 0 bridgehead atoms. The van der Waals surface area contributed by atoms with Crippen molar-refractivity contribution in [3.8, 4) is 11.1 Å². The number of benzene rings is 2. The van der Waals surface area contributed by atoms with E-state index in [9.17, 15) is 0 Å². The van der Waals surface area contributed by atoms with E-state index in [0.717, 1.165) is 11.6 Å². The fourth-order valence-corrected chi connectivity index (χ4v) is 2.16. The molecule has 0 aliphatic carbocycles. The second kappa shape index (κ2) is 6.03. The van der Waals surface area contributed by atoms with Gasteiger partial charge in [-0.1, -0.05) is 54.9 Å². The van der Waals surface area contributed by atoms with Crippen molar-refractivity contribution in [3.63, 3.8) is 0 Å². The summed E-state index contributed by atoms with van der Waals surface area (Å²) in [6.07, 6.45) is 0. The highest BCUT2D eigenvalue weighted by atomic mass is 35.5. The SMILES string of the molecule is CCNC(C)c1ccc(-c2ccc(Cl)cc2)cc1. The molecule has 0 radical (unpaired) electrons. The first-order valence-corrected chi connectivity index (χ1v) is 6.68. The molecule has 2 aromatic rings. The van der Waals surface area contributed by atoms with Crippen LogP contribution >= 0.6 is 11.6 Å². The molecule has 0 heterocycles. The summed E-state index contributed by atoms with van der Waals surface area (Å²) in [7, 11) is 0. The molecule has 1 unspecified atom stereocenters. The Morgan fingerprint density at radius 1 is 0.944 bits per heavy atom. The Balaban J connectivity index is 2.19. The molecule has 0 amide bonds. The average Bonchev–Trinajstić information content (AvgIpc) is 2.40. The summed E-state index contributed by atoms with van der Waals surface area (Å²) < 4.78 is 0. The third-order valence-corrected chi connectivity index (χ3v) is 3.35. The van der Waals surface area contributed by atoms with Gasteiger partial charge in [-0.25, -0.2) is 0 Å². The molecule has 0 aromatic heterocycles. The summed E-state index contributed by atoms with van der Waals surface area (Å²) in [6.45, 7) is 5.29. The summed E-state index contributed by atoms with van der Waals surface area (Å²) in [5, 5.41) is 4.19. The first-order valence-electron chi connectivity index (χ1n) is 6.30. The Hall–Kier alpha value is -1.31. The van der Waals surface area contributed by atoms with Gasteiger partial charge in [0.2, 0.25) is 0 Å². The van der Waals surface area contributed by atoms with Crippen LogP contribution in [0, 0.1) is 0 Å². The highest BCUT2D eigenvalue weighted by molar-refractivity contribution is 6.30. The van der Waals surface area contributed by atoms with Gasteiger partial charge in [-0.05, 0) is 42.3 Å². The second-order valence-corrected chi connectivity index (χ2v) is 4.84. The van der Waals surface area contributed by atoms with Crippen molar-refractivity contribution in [3.05, 3.63) is 59.1 Å². The van der Waals surface area contributed by atoms with Gasteiger partial charge in [0.05, 0.1) is 0 Å². The maximum Gasteiger partial charge on any atom is 0.0406 e. The molecule has 0 spiro atoms. The smallest absolute Gasteiger partial charge is 0.0406 e. The van der Waals surface area contributed by atoms with E-state index in [1.807, 2.05) is 24.3 Å². The summed E-state index contributed by atoms with van der Waals surface area (Å²) in [5.74, 6) is 0. The maximum atomic E-state index is 5.89. The molecule has 18 heavy (non-hydrogen) atoms. The zero-order valence-corrected chi connectivity index (χ0v) is 11.5. The van der Waals surface area contributed by atoms with Crippen molar-refractivity contribution in [2.75, 3.05) is 6.54 Å². The predicted molar refractivity (Wildman–Crippen MR) is 79.0 cm³/mol. The fourth-order valence-electron chi connectivity index (χ4n) is 2.03. The molecule has 0 aliphatic heterocycles. The van der Waals surface area contributed by atoms with Gasteiger partial charge >= 0.3 is 0 Å². The minimum Gasteiger partial charge on any atom is -0.310 e. The van der Waals surface area contributed by atoms with Crippen molar-refractivity contribution >= 4 is 11.6 Å². The molecule has 1 atom stereocenters. The Bertz CT molecular complexity index is 488. The van der Waals surface area contributed by atoms with Gasteiger partial charge in [0.1, 0.15) is 0 Å². The zero-order valence-electron chi connectivity index (χ0n) is 10.8. The second-order valence-electron chi connectivity index (χ2n) is 4.41. The lowest BCUT2D eigenvalue weighted by Crippen LogP contribution is -2.17. The molecule has 1 N–H and O–H groups in total. The predicted octanol–water partition coefficient (Wildman–Crippen LogP) is 4.68. The van der Waals surface area contributed by atoms with Gasteiger partial charge in [-0.3, -0.25) is 0 Å². The molecular formula is C16H18ClN. The molecule has 0 fully saturated rings.